The van der Waals surface area contributed by atoms with Crippen molar-refractivity contribution in [2.24, 2.45) is 0 Å². The van der Waals surface area contributed by atoms with Gasteiger partial charge in [0.25, 0.3) is 0 Å². The molecule has 4 heterocycles. The smallest absolute Gasteiger partial charge is 0.216 e. The van der Waals surface area contributed by atoms with Gasteiger partial charge in [0.1, 0.15) is 6.33 Å². The molecule has 34 heavy (non-hydrogen) atoms. The van der Waals surface area contributed by atoms with E-state index in [-0.39, 0.29) is 10.8 Å². The van der Waals surface area contributed by atoms with Crippen molar-refractivity contribution in [3.63, 3.8) is 0 Å². The highest BCUT2D eigenvalue weighted by Crippen LogP contribution is 2.30. The fourth-order valence-corrected chi connectivity index (χ4v) is 5.97. The molecule has 0 saturated carbocycles. The Bertz CT molecular complexity index is 1590. The van der Waals surface area contributed by atoms with E-state index in [0.717, 1.165) is 11.1 Å². The maximum absolute atomic E-state index is 13.0. The highest BCUT2D eigenvalue weighted by molar-refractivity contribution is 7.89. The van der Waals surface area contributed by atoms with E-state index in [0.29, 0.717) is 48.1 Å². The summed E-state index contributed by atoms with van der Waals surface area (Å²) < 4.78 is 30.9. The monoisotopic (exact) mass is 493 g/mol. The third-order valence-electron chi connectivity index (χ3n) is 6.19. The molecule has 0 N–H and O–H groups in total. The van der Waals surface area contributed by atoms with Crippen LogP contribution in [0.4, 0.5) is 0 Å². The van der Waals surface area contributed by atoms with Crippen LogP contribution in [-0.4, -0.2) is 55.2 Å². The predicted molar refractivity (Wildman–Crippen MR) is 128 cm³/mol. The summed E-state index contributed by atoms with van der Waals surface area (Å²) in [6, 6.07) is 16.1. The minimum absolute atomic E-state index is 0.0655. The average molecular weight is 494 g/mol. The molecule has 2 aromatic carbocycles. The lowest BCUT2D eigenvalue weighted by atomic mass is 9.98. The Morgan fingerprint density at radius 2 is 1.68 bits per heavy atom. The summed E-state index contributed by atoms with van der Waals surface area (Å²) in [5, 5.41) is 10.5. The summed E-state index contributed by atoms with van der Waals surface area (Å²) in [7, 11) is -3.55. The number of benzene rings is 2. The van der Waals surface area contributed by atoms with Crippen molar-refractivity contribution in [1.29, 1.82) is 0 Å². The van der Waals surface area contributed by atoms with Crippen molar-refractivity contribution in [3.05, 3.63) is 78.0 Å². The normalized spacial score (nSPS) is 15.9. The van der Waals surface area contributed by atoms with Crippen LogP contribution in [0.5, 0.6) is 0 Å². The first-order valence-corrected chi connectivity index (χ1v) is 12.7. The molecule has 0 atom stereocenters. The maximum Gasteiger partial charge on any atom is 0.243 e. The highest BCUT2D eigenvalue weighted by Gasteiger charge is 2.31. The second-order valence-corrected chi connectivity index (χ2v) is 10.6. The summed E-state index contributed by atoms with van der Waals surface area (Å²) in [6.07, 6.45) is 4.69. The third-order valence-corrected chi connectivity index (χ3v) is 8.36. The minimum Gasteiger partial charge on any atom is -0.216 e. The van der Waals surface area contributed by atoms with Gasteiger partial charge in [-0.15, -0.1) is 5.10 Å². The largest absolute Gasteiger partial charge is 0.243 e. The molecular formula is C23H20ClN7O2S. The van der Waals surface area contributed by atoms with Crippen molar-refractivity contribution >= 4 is 38.3 Å². The molecule has 9 nitrogen and oxygen atoms in total. The van der Waals surface area contributed by atoms with Crippen LogP contribution in [0.1, 0.15) is 24.6 Å². The summed E-state index contributed by atoms with van der Waals surface area (Å²) in [4.78, 5) is 9.61. The van der Waals surface area contributed by atoms with Crippen LogP contribution in [0.3, 0.4) is 0 Å². The Balaban J connectivity index is 1.25. The first kappa shape index (κ1) is 21.2. The van der Waals surface area contributed by atoms with Crippen LogP contribution in [0, 0.1) is 0 Å². The number of sulfonamides is 1. The van der Waals surface area contributed by atoms with Gasteiger partial charge in [-0.25, -0.2) is 27.6 Å². The van der Waals surface area contributed by atoms with Crippen LogP contribution < -0.4 is 0 Å². The number of hydrogen-bond acceptors (Lipinski definition) is 6. The number of para-hydroxylation sites is 1. The number of fused-ring (bicyclic) bond motifs is 3. The molecule has 5 aromatic rings. The number of piperidine rings is 1. The Morgan fingerprint density at radius 3 is 2.41 bits per heavy atom. The molecule has 11 heteroatoms. The fraction of sp³-hybridized carbons (Fsp3) is 0.217. The van der Waals surface area contributed by atoms with Gasteiger partial charge in [0.2, 0.25) is 10.0 Å². The zero-order chi connectivity index (χ0) is 23.3. The van der Waals surface area contributed by atoms with E-state index < -0.39 is 10.0 Å². The second kappa shape index (κ2) is 8.15. The van der Waals surface area contributed by atoms with E-state index in [1.54, 1.807) is 46.0 Å². The topological polar surface area (TPSA) is 98.3 Å². The molecule has 0 amide bonds. The van der Waals surface area contributed by atoms with Crippen LogP contribution in [0.15, 0.2) is 72.0 Å². The van der Waals surface area contributed by atoms with E-state index in [2.05, 4.69) is 15.2 Å². The van der Waals surface area contributed by atoms with Gasteiger partial charge >= 0.3 is 0 Å². The van der Waals surface area contributed by atoms with Crippen LogP contribution in [-0.2, 0) is 10.0 Å². The van der Waals surface area contributed by atoms with Crippen molar-refractivity contribution in [2.75, 3.05) is 13.1 Å². The standard InChI is InChI=1S/C23H20ClN7O2S/c24-17-6-8-19(9-7-17)34(32,33)29-12-10-16(11-13-29)21-27-23-20-14-26-31(18-4-2-1-3-5-18)22(20)25-15-30(23)28-21/h1-9,14-16H,10-13H2. The van der Waals surface area contributed by atoms with E-state index in [9.17, 15) is 8.42 Å². The predicted octanol–water partition coefficient (Wildman–Crippen LogP) is 3.68. The number of halogens is 1. The van der Waals surface area contributed by atoms with E-state index in [4.69, 9.17) is 16.6 Å². The average Bonchev–Trinajstić information content (AvgIpc) is 3.49. The van der Waals surface area contributed by atoms with Crippen LogP contribution in [0.2, 0.25) is 5.02 Å². The van der Waals surface area contributed by atoms with Crippen molar-refractivity contribution < 1.29 is 8.42 Å². The first-order chi connectivity index (χ1) is 16.5. The van der Waals surface area contributed by atoms with E-state index >= 15 is 0 Å². The Morgan fingerprint density at radius 1 is 0.941 bits per heavy atom. The molecule has 0 unspecified atom stereocenters. The lowest BCUT2D eigenvalue weighted by Crippen LogP contribution is -2.38. The zero-order valence-corrected chi connectivity index (χ0v) is 19.6. The maximum atomic E-state index is 13.0. The molecule has 1 saturated heterocycles. The molecule has 3 aromatic heterocycles. The molecule has 1 aliphatic heterocycles. The molecule has 172 valence electrons. The highest BCUT2D eigenvalue weighted by atomic mass is 35.5. The number of nitrogens with zero attached hydrogens (tertiary/aromatic N) is 7. The van der Waals surface area contributed by atoms with Gasteiger partial charge in [-0.2, -0.15) is 9.40 Å². The summed E-state index contributed by atoms with van der Waals surface area (Å²) in [5.41, 5.74) is 2.32. The number of hydrogen-bond donors (Lipinski definition) is 0. The molecular weight excluding hydrogens is 474 g/mol. The molecule has 6 rings (SSSR count). The van der Waals surface area contributed by atoms with Gasteiger partial charge in [0.15, 0.2) is 17.1 Å². The van der Waals surface area contributed by atoms with Gasteiger partial charge in [0, 0.05) is 24.0 Å². The molecule has 0 spiro atoms. The summed E-state index contributed by atoms with van der Waals surface area (Å²) >= 11 is 5.90. The second-order valence-electron chi connectivity index (χ2n) is 8.24. The van der Waals surface area contributed by atoms with Crippen LogP contribution in [0.25, 0.3) is 22.4 Å². The number of rotatable bonds is 4. The molecule has 1 aliphatic rings. The Labute approximate surface area is 200 Å². The first-order valence-electron chi connectivity index (χ1n) is 10.9. The minimum atomic E-state index is -3.55. The van der Waals surface area contributed by atoms with Crippen molar-refractivity contribution in [3.8, 4) is 5.69 Å². The Hall–Kier alpha value is -3.34. The molecule has 0 bridgehead atoms. The Kier molecular flexibility index (Phi) is 5.09. The lowest BCUT2D eigenvalue weighted by molar-refractivity contribution is 0.313. The van der Waals surface area contributed by atoms with Gasteiger partial charge < -0.3 is 0 Å². The van der Waals surface area contributed by atoms with Gasteiger partial charge in [-0.05, 0) is 49.2 Å². The van der Waals surface area contributed by atoms with E-state index in [1.165, 1.54) is 4.31 Å². The quantitative estimate of drug-likeness (QED) is 0.378. The third kappa shape index (κ3) is 3.54. The van der Waals surface area contributed by atoms with E-state index in [1.807, 2.05) is 30.3 Å². The molecule has 1 fully saturated rings. The lowest BCUT2D eigenvalue weighted by Gasteiger charge is -2.29. The molecule has 0 aliphatic carbocycles. The van der Waals surface area contributed by atoms with Gasteiger partial charge in [-0.3, -0.25) is 0 Å². The zero-order valence-electron chi connectivity index (χ0n) is 18.0. The fourth-order valence-electron chi connectivity index (χ4n) is 4.38. The van der Waals surface area contributed by atoms with Gasteiger partial charge in [0.05, 0.1) is 22.2 Å². The summed E-state index contributed by atoms with van der Waals surface area (Å²) in [6.45, 7) is 0.815. The SMILES string of the molecule is O=S(=O)(c1ccc(Cl)cc1)N1CCC(c2nc3c4cnn(-c5ccccc5)c4ncn3n2)CC1. The van der Waals surface area contributed by atoms with Crippen molar-refractivity contribution in [2.45, 2.75) is 23.7 Å². The summed E-state index contributed by atoms with van der Waals surface area (Å²) in [5.74, 6) is 0.765. The molecule has 0 radical (unpaired) electrons. The van der Waals surface area contributed by atoms with Crippen molar-refractivity contribution in [1.82, 2.24) is 33.7 Å². The van der Waals surface area contributed by atoms with Gasteiger partial charge in [-0.1, -0.05) is 29.8 Å². The van der Waals surface area contributed by atoms with Crippen LogP contribution >= 0.6 is 11.6 Å². The number of aromatic nitrogens is 6.